The van der Waals surface area contributed by atoms with E-state index in [1.807, 2.05) is 11.3 Å². The Morgan fingerprint density at radius 1 is 1.33 bits per heavy atom. The average molecular weight is 225 g/mol. The Bertz CT molecular complexity index is 321. The molecule has 1 aromatic heterocycles. The maximum absolute atomic E-state index is 5.37. The van der Waals surface area contributed by atoms with Crippen molar-refractivity contribution in [1.82, 2.24) is 4.98 Å². The van der Waals surface area contributed by atoms with E-state index < -0.39 is 0 Å². The van der Waals surface area contributed by atoms with E-state index in [4.69, 9.17) is 9.72 Å². The molecule has 2 rings (SSSR count). The smallest absolute Gasteiger partial charge is 0.0961 e. The number of ether oxygens (including phenoxy) is 1. The summed E-state index contributed by atoms with van der Waals surface area (Å²) in [5, 5.41) is 3.52. The Kier molecular flexibility index (Phi) is 3.12. The quantitative estimate of drug-likeness (QED) is 0.731. The molecule has 1 fully saturated rings. The van der Waals surface area contributed by atoms with Gasteiger partial charge in [-0.1, -0.05) is 20.8 Å². The number of hydrogen-bond acceptors (Lipinski definition) is 3. The summed E-state index contributed by atoms with van der Waals surface area (Å²) in [5.41, 5.74) is 1.41. The first-order valence-electron chi connectivity index (χ1n) is 5.61. The molecule has 0 N–H and O–H groups in total. The third kappa shape index (κ3) is 2.58. The van der Waals surface area contributed by atoms with Gasteiger partial charge >= 0.3 is 0 Å². The zero-order valence-corrected chi connectivity index (χ0v) is 10.6. The Balaban J connectivity index is 2.12. The molecule has 84 valence electrons. The van der Waals surface area contributed by atoms with Crippen molar-refractivity contribution < 1.29 is 4.74 Å². The zero-order chi connectivity index (χ0) is 10.9. The van der Waals surface area contributed by atoms with Gasteiger partial charge in [-0.15, -0.1) is 11.3 Å². The summed E-state index contributed by atoms with van der Waals surface area (Å²) in [4.78, 5) is 4.77. The fourth-order valence-electron chi connectivity index (χ4n) is 1.76. The lowest BCUT2D eigenvalue weighted by molar-refractivity contribution is 0.0852. The van der Waals surface area contributed by atoms with E-state index >= 15 is 0 Å². The molecule has 0 amide bonds. The molecule has 15 heavy (non-hydrogen) atoms. The van der Waals surface area contributed by atoms with Crippen LogP contribution >= 0.6 is 11.3 Å². The van der Waals surface area contributed by atoms with E-state index in [-0.39, 0.29) is 5.41 Å². The minimum atomic E-state index is 0.180. The van der Waals surface area contributed by atoms with E-state index in [0.717, 1.165) is 26.1 Å². The molecule has 1 aliphatic rings. The van der Waals surface area contributed by atoms with Gasteiger partial charge in [-0.05, 0) is 12.8 Å². The van der Waals surface area contributed by atoms with Gasteiger partial charge in [0.15, 0.2) is 0 Å². The van der Waals surface area contributed by atoms with Crippen LogP contribution in [0.25, 0.3) is 0 Å². The van der Waals surface area contributed by atoms with Crippen LogP contribution < -0.4 is 0 Å². The maximum Gasteiger partial charge on any atom is 0.0961 e. The van der Waals surface area contributed by atoms with Crippen molar-refractivity contribution in [2.45, 2.75) is 44.9 Å². The number of thiazole rings is 1. The van der Waals surface area contributed by atoms with E-state index in [9.17, 15) is 0 Å². The van der Waals surface area contributed by atoms with Crippen LogP contribution in [0.4, 0.5) is 0 Å². The van der Waals surface area contributed by atoms with Crippen LogP contribution in [0, 0.1) is 0 Å². The third-order valence-electron chi connectivity index (χ3n) is 2.86. The van der Waals surface area contributed by atoms with Gasteiger partial charge in [-0.25, -0.2) is 4.98 Å². The highest BCUT2D eigenvalue weighted by molar-refractivity contribution is 7.09. The van der Waals surface area contributed by atoms with Crippen LogP contribution in [0.5, 0.6) is 0 Å². The molecule has 0 aromatic carbocycles. The summed E-state index contributed by atoms with van der Waals surface area (Å²) in [5.74, 6) is 0.639. The highest BCUT2D eigenvalue weighted by Gasteiger charge is 2.22. The SMILES string of the molecule is CC(C)(C)c1csc(C2CCOCC2)n1. The first kappa shape index (κ1) is 11.1. The van der Waals surface area contributed by atoms with Gasteiger partial charge in [0.05, 0.1) is 10.7 Å². The van der Waals surface area contributed by atoms with Crippen molar-refractivity contribution in [2.75, 3.05) is 13.2 Å². The van der Waals surface area contributed by atoms with Crippen LogP contribution in [0.3, 0.4) is 0 Å². The molecule has 1 aliphatic heterocycles. The molecule has 0 atom stereocenters. The fourth-order valence-corrected chi connectivity index (χ4v) is 2.98. The Labute approximate surface area is 95.7 Å². The lowest BCUT2D eigenvalue weighted by Crippen LogP contribution is -2.15. The summed E-state index contributed by atoms with van der Waals surface area (Å²) < 4.78 is 5.37. The average Bonchev–Trinajstić information content (AvgIpc) is 2.67. The summed E-state index contributed by atoms with van der Waals surface area (Å²) >= 11 is 1.82. The second-order valence-electron chi connectivity index (χ2n) is 5.21. The lowest BCUT2D eigenvalue weighted by atomic mass is 9.93. The maximum atomic E-state index is 5.37. The molecule has 0 aliphatic carbocycles. The predicted octanol–water partition coefficient (Wildman–Crippen LogP) is 3.33. The van der Waals surface area contributed by atoms with Gasteiger partial charge in [0.25, 0.3) is 0 Å². The van der Waals surface area contributed by atoms with Crippen molar-refractivity contribution in [3.63, 3.8) is 0 Å². The molecule has 3 heteroatoms. The Morgan fingerprint density at radius 3 is 2.53 bits per heavy atom. The molecule has 2 nitrogen and oxygen atoms in total. The second kappa shape index (κ2) is 4.22. The summed E-state index contributed by atoms with van der Waals surface area (Å²) in [6, 6.07) is 0. The highest BCUT2D eigenvalue weighted by Crippen LogP contribution is 2.32. The van der Waals surface area contributed by atoms with Gasteiger partial charge in [0.1, 0.15) is 0 Å². The second-order valence-corrected chi connectivity index (χ2v) is 6.10. The Hall–Kier alpha value is -0.410. The van der Waals surface area contributed by atoms with Crippen LogP contribution in [-0.4, -0.2) is 18.2 Å². The summed E-state index contributed by atoms with van der Waals surface area (Å²) in [6.07, 6.45) is 2.27. The van der Waals surface area contributed by atoms with Crippen molar-refractivity contribution in [3.05, 3.63) is 16.1 Å². The third-order valence-corrected chi connectivity index (χ3v) is 3.87. The number of aromatic nitrogens is 1. The standard InChI is InChI=1S/C12H19NOS/c1-12(2,3)10-8-15-11(13-10)9-4-6-14-7-5-9/h8-9H,4-7H2,1-3H3. The van der Waals surface area contributed by atoms with E-state index in [1.165, 1.54) is 10.7 Å². The van der Waals surface area contributed by atoms with Crippen molar-refractivity contribution in [2.24, 2.45) is 0 Å². The van der Waals surface area contributed by atoms with Gasteiger partial charge < -0.3 is 4.74 Å². The van der Waals surface area contributed by atoms with Gasteiger partial charge in [0.2, 0.25) is 0 Å². The minimum absolute atomic E-state index is 0.180. The molecule has 0 bridgehead atoms. The monoisotopic (exact) mass is 225 g/mol. The molecular weight excluding hydrogens is 206 g/mol. The molecule has 0 spiro atoms. The van der Waals surface area contributed by atoms with Crippen molar-refractivity contribution in [1.29, 1.82) is 0 Å². The first-order chi connectivity index (χ1) is 7.07. The van der Waals surface area contributed by atoms with Crippen LogP contribution in [0.15, 0.2) is 5.38 Å². The van der Waals surface area contributed by atoms with Gasteiger partial charge in [-0.2, -0.15) is 0 Å². The summed E-state index contributed by atoms with van der Waals surface area (Å²) in [6.45, 7) is 8.45. The fraction of sp³-hybridized carbons (Fsp3) is 0.750. The highest BCUT2D eigenvalue weighted by atomic mass is 32.1. The first-order valence-corrected chi connectivity index (χ1v) is 6.49. The zero-order valence-electron chi connectivity index (χ0n) is 9.75. The van der Waals surface area contributed by atoms with Crippen LogP contribution in [0.2, 0.25) is 0 Å². The molecule has 0 radical (unpaired) electrons. The lowest BCUT2D eigenvalue weighted by Gasteiger charge is -2.20. The molecule has 2 heterocycles. The summed E-state index contributed by atoms with van der Waals surface area (Å²) in [7, 11) is 0. The minimum Gasteiger partial charge on any atom is -0.381 e. The van der Waals surface area contributed by atoms with Gasteiger partial charge in [-0.3, -0.25) is 0 Å². The topological polar surface area (TPSA) is 22.1 Å². The number of hydrogen-bond donors (Lipinski definition) is 0. The molecule has 0 unspecified atom stereocenters. The van der Waals surface area contributed by atoms with Crippen LogP contribution in [-0.2, 0) is 10.2 Å². The Morgan fingerprint density at radius 2 is 2.00 bits per heavy atom. The van der Waals surface area contributed by atoms with Crippen molar-refractivity contribution in [3.8, 4) is 0 Å². The predicted molar refractivity (Wildman–Crippen MR) is 63.6 cm³/mol. The normalized spacial score (nSPS) is 19.4. The molecule has 1 saturated heterocycles. The number of rotatable bonds is 1. The van der Waals surface area contributed by atoms with Gasteiger partial charge in [0, 0.05) is 29.9 Å². The molecular formula is C12H19NOS. The number of nitrogens with zero attached hydrogens (tertiary/aromatic N) is 1. The largest absolute Gasteiger partial charge is 0.381 e. The van der Waals surface area contributed by atoms with Crippen molar-refractivity contribution >= 4 is 11.3 Å². The van der Waals surface area contributed by atoms with E-state index in [0.29, 0.717) is 5.92 Å². The van der Waals surface area contributed by atoms with E-state index in [1.54, 1.807) is 0 Å². The van der Waals surface area contributed by atoms with E-state index in [2.05, 4.69) is 26.2 Å². The molecule has 1 aromatic rings. The molecule has 0 saturated carbocycles. The van der Waals surface area contributed by atoms with Crippen LogP contribution in [0.1, 0.15) is 50.2 Å².